The molecule has 1 unspecified atom stereocenters. The summed E-state index contributed by atoms with van der Waals surface area (Å²) >= 11 is 0. The smallest absolute Gasteiger partial charge is 0.326 e. The standard InChI is InChI=1S/C18H15FN6O4/c1-9(18(27)28)24-8-20-16-14(17(24)26)21-22-15-13(10-3-5-11(19)6-4-10)12(7-29-2)23-25(15)16/h3-6,8-9H,7H2,1-2H3,(H,27,28). The Morgan fingerprint density at radius 2 is 1.97 bits per heavy atom. The average molecular weight is 398 g/mol. The van der Waals surface area contributed by atoms with E-state index in [2.05, 4.69) is 20.3 Å². The number of benzene rings is 1. The van der Waals surface area contributed by atoms with Crippen molar-refractivity contribution in [2.45, 2.75) is 19.6 Å². The number of fused-ring (bicyclic) bond motifs is 3. The molecule has 10 nitrogen and oxygen atoms in total. The SMILES string of the molecule is COCc1nn2c(nnc3c(=O)n(C(C)C(=O)O)cnc32)c1-c1ccc(F)cc1. The Hall–Kier alpha value is -3.73. The van der Waals surface area contributed by atoms with Crippen LogP contribution in [0.25, 0.3) is 27.9 Å². The maximum Gasteiger partial charge on any atom is 0.326 e. The highest BCUT2D eigenvalue weighted by atomic mass is 19.1. The number of hydrogen-bond acceptors (Lipinski definition) is 7. The number of aromatic nitrogens is 6. The normalized spacial score (nSPS) is 12.5. The van der Waals surface area contributed by atoms with Gasteiger partial charge in [-0.05, 0) is 24.6 Å². The molecule has 3 aromatic heterocycles. The van der Waals surface area contributed by atoms with Crippen LogP contribution < -0.4 is 5.56 Å². The van der Waals surface area contributed by atoms with Crippen LogP contribution in [-0.4, -0.2) is 47.5 Å². The Labute approximate surface area is 162 Å². The van der Waals surface area contributed by atoms with E-state index in [9.17, 15) is 14.0 Å². The van der Waals surface area contributed by atoms with Gasteiger partial charge in [0, 0.05) is 7.11 Å². The molecule has 148 valence electrons. The molecule has 4 rings (SSSR count). The fourth-order valence-corrected chi connectivity index (χ4v) is 3.03. The Morgan fingerprint density at radius 3 is 2.62 bits per heavy atom. The van der Waals surface area contributed by atoms with Gasteiger partial charge in [-0.1, -0.05) is 12.1 Å². The van der Waals surface area contributed by atoms with Crippen LogP contribution in [0.1, 0.15) is 18.7 Å². The Bertz CT molecular complexity index is 1300. The van der Waals surface area contributed by atoms with Crippen LogP contribution in [0.4, 0.5) is 4.39 Å². The molecule has 0 aliphatic rings. The van der Waals surface area contributed by atoms with Crippen LogP contribution in [0, 0.1) is 5.82 Å². The van der Waals surface area contributed by atoms with Gasteiger partial charge in [-0.25, -0.2) is 14.2 Å². The van der Waals surface area contributed by atoms with Gasteiger partial charge in [-0.15, -0.1) is 10.2 Å². The van der Waals surface area contributed by atoms with Crippen molar-refractivity contribution in [3.63, 3.8) is 0 Å². The lowest BCUT2D eigenvalue weighted by molar-refractivity contribution is -0.140. The molecule has 0 saturated carbocycles. The van der Waals surface area contributed by atoms with E-state index in [-0.39, 0.29) is 23.6 Å². The second-order valence-electron chi connectivity index (χ2n) is 6.34. The van der Waals surface area contributed by atoms with Crippen molar-refractivity contribution < 1.29 is 19.0 Å². The monoisotopic (exact) mass is 398 g/mol. The number of nitrogens with zero attached hydrogens (tertiary/aromatic N) is 6. The van der Waals surface area contributed by atoms with E-state index in [0.717, 1.165) is 10.9 Å². The minimum absolute atomic E-state index is 0.120. The zero-order valence-corrected chi connectivity index (χ0v) is 15.4. The summed E-state index contributed by atoms with van der Waals surface area (Å²) in [6, 6.07) is 4.67. The van der Waals surface area contributed by atoms with E-state index in [4.69, 9.17) is 9.84 Å². The van der Waals surface area contributed by atoms with E-state index < -0.39 is 17.6 Å². The number of carbonyl (C=O) groups is 1. The molecule has 11 heteroatoms. The molecule has 0 aliphatic carbocycles. The summed E-state index contributed by atoms with van der Waals surface area (Å²) in [5.74, 6) is -1.56. The summed E-state index contributed by atoms with van der Waals surface area (Å²) in [5, 5.41) is 21.7. The number of hydrogen-bond donors (Lipinski definition) is 1. The number of ether oxygens (including phenoxy) is 1. The minimum Gasteiger partial charge on any atom is -0.480 e. The quantitative estimate of drug-likeness (QED) is 0.535. The summed E-state index contributed by atoms with van der Waals surface area (Å²) in [6.07, 6.45) is 1.14. The molecule has 0 saturated heterocycles. The fourth-order valence-electron chi connectivity index (χ4n) is 3.03. The molecular weight excluding hydrogens is 383 g/mol. The molecule has 1 N–H and O–H groups in total. The zero-order chi connectivity index (χ0) is 20.7. The molecule has 4 aromatic rings. The molecule has 0 spiro atoms. The van der Waals surface area contributed by atoms with Crippen LogP contribution in [-0.2, 0) is 16.1 Å². The van der Waals surface area contributed by atoms with Crippen molar-refractivity contribution in [3.8, 4) is 11.1 Å². The predicted molar refractivity (Wildman–Crippen MR) is 98.8 cm³/mol. The molecular formula is C18H15FN6O4. The molecule has 0 bridgehead atoms. The number of carboxylic acids is 1. The second-order valence-corrected chi connectivity index (χ2v) is 6.34. The van der Waals surface area contributed by atoms with Crippen molar-refractivity contribution in [1.82, 2.24) is 29.4 Å². The zero-order valence-electron chi connectivity index (χ0n) is 15.4. The lowest BCUT2D eigenvalue weighted by Crippen LogP contribution is -2.29. The van der Waals surface area contributed by atoms with E-state index in [1.165, 1.54) is 30.7 Å². The van der Waals surface area contributed by atoms with E-state index >= 15 is 0 Å². The molecule has 1 aromatic carbocycles. The topological polar surface area (TPSA) is 124 Å². The maximum atomic E-state index is 13.3. The molecule has 0 fully saturated rings. The molecule has 29 heavy (non-hydrogen) atoms. The highest BCUT2D eigenvalue weighted by Crippen LogP contribution is 2.29. The molecule has 0 amide bonds. The van der Waals surface area contributed by atoms with Crippen LogP contribution in [0.15, 0.2) is 35.4 Å². The second kappa shape index (κ2) is 7.02. The first kappa shape index (κ1) is 18.6. The van der Waals surface area contributed by atoms with E-state index in [1.807, 2.05) is 0 Å². The third kappa shape index (κ3) is 3.01. The average Bonchev–Trinajstić information content (AvgIpc) is 3.07. The van der Waals surface area contributed by atoms with Crippen LogP contribution in [0.2, 0.25) is 0 Å². The molecule has 1 atom stereocenters. The summed E-state index contributed by atoms with van der Waals surface area (Å²) in [6.45, 7) is 1.51. The lowest BCUT2D eigenvalue weighted by atomic mass is 10.1. The van der Waals surface area contributed by atoms with Crippen molar-refractivity contribution in [1.29, 1.82) is 0 Å². The Balaban J connectivity index is 2.01. The van der Waals surface area contributed by atoms with Gasteiger partial charge in [-0.2, -0.15) is 9.61 Å². The van der Waals surface area contributed by atoms with Gasteiger partial charge in [0.1, 0.15) is 18.2 Å². The highest BCUT2D eigenvalue weighted by Gasteiger charge is 2.22. The molecule has 0 aliphatic heterocycles. The highest BCUT2D eigenvalue weighted by molar-refractivity contribution is 5.83. The van der Waals surface area contributed by atoms with Gasteiger partial charge in [0.25, 0.3) is 5.56 Å². The summed E-state index contributed by atoms with van der Waals surface area (Å²) < 4.78 is 20.9. The van der Waals surface area contributed by atoms with Crippen molar-refractivity contribution in [3.05, 3.63) is 52.5 Å². The van der Waals surface area contributed by atoms with Crippen LogP contribution >= 0.6 is 0 Å². The van der Waals surface area contributed by atoms with Gasteiger partial charge < -0.3 is 9.84 Å². The largest absolute Gasteiger partial charge is 0.480 e. The van der Waals surface area contributed by atoms with Crippen molar-refractivity contribution >= 4 is 22.8 Å². The number of halogens is 1. The van der Waals surface area contributed by atoms with Gasteiger partial charge in [0.05, 0.1) is 17.9 Å². The van der Waals surface area contributed by atoms with Crippen molar-refractivity contribution in [2.75, 3.05) is 7.11 Å². The third-order valence-corrected chi connectivity index (χ3v) is 4.52. The summed E-state index contributed by atoms with van der Waals surface area (Å²) in [5.41, 5.74) is 1.40. The summed E-state index contributed by atoms with van der Waals surface area (Å²) in [4.78, 5) is 28.1. The van der Waals surface area contributed by atoms with Gasteiger partial charge in [0.2, 0.25) is 0 Å². The molecule has 3 heterocycles. The predicted octanol–water partition coefficient (Wildman–Crippen LogP) is 1.43. The van der Waals surface area contributed by atoms with Gasteiger partial charge in [0.15, 0.2) is 16.8 Å². The van der Waals surface area contributed by atoms with Gasteiger partial charge >= 0.3 is 5.97 Å². The fraction of sp³-hybridized carbons (Fsp3) is 0.222. The van der Waals surface area contributed by atoms with E-state index in [1.54, 1.807) is 12.1 Å². The van der Waals surface area contributed by atoms with Gasteiger partial charge in [-0.3, -0.25) is 9.36 Å². The number of aliphatic carboxylic acids is 1. The Morgan fingerprint density at radius 1 is 1.24 bits per heavy atom. The summed E-state index contributed by atoms with van der Waals surface area (Å²) in [7, 11) is 1.51. The van der Waals surface area contributed by atoms with Crippen molar-refractivity contribution in [2.24, 2.45) is 0 Å². The maximum absolute atomic E-state index is 13.3. The third-order valence-electron chi connectivity index (χ3n) is 4.52. The first-order valence-corrected chi connectivity index (χ1v) is 8.55. The number of methoxy groups -OCH3 is 1. The first-order valence-electron chi connectivity index (χ1n) is 8.55. The Kier molecular flexibility index (Phi) is 4.51. The van der Waals surface area contributed by atoms with Crippen LogP contribution in [0.5, 0.6) is 0 Å². The minimum atomic E-state index is -1.18. The first-order chi connectivity index (χ1) is 13.9. The number of rotatable bonds is 5. The number of carboxylic acid groups (broad SMARTS) is 1. The lowest BCUT2D eigenvalue weighted by Gasteiger charge is -2.10. The molecule has 0 radical (unpaired) electrons. The van der Waals surface area contributed by atoms with E-state index in [0.29, 0.717) is 22.5 Å². The van der Waals surface area contributed by atoms with Crippen LogP contribution in [0.3, 0.4) is 0 Å².